The maximum absolute atomic E-state index is 6.47. The van der Waals surface area contributed by atoms with Crippen LogP contribution in [-0.2, 0) is 0 Å². The van der Waals surface area contributed by atoms with Gasteiger partial charge >= 0.3 is 0 Å². The fourth-order valence-corrected chi connectivity index (χ4v) is 3.70. The van der Waals surface area contributed by atoms with Gasteiger partial charge in [-0.1, -0.05) is 29.3 Å². The standard InChI is InChI=1S/C16H25BrN2O2/c1-4-19-8-6-5-7-13(18)16(19)11-9-14(20-2)15(21-3)10-12(11)17/h9-10,13,16H,4-8,18H2,1-3H3. The van der Waals surface area contributed by atoms with Crippen molar-refractivity contribution < 1.29 is 9.47 Å². The number of likely N-dealkylation sites (N-methyl/N-ethyl adjacent to an activating group) is 1. The van der Waals surface area contributed by atoms with E-state index in [1.54, 1.807) is 14.2 Å². The molecule has 5 heteroatoms. The van der Waals surface area contributed by atoms with E-state index in [0.29, 0.717) is 0 Å². The van der Waals surface area contributed by atoms with Crippen LogP contribution < -0.4 is 15.2 Å². The highest BCUT2D eigenvalue weighted by Crippen LogP contribution is 2.40. The summed E-state index contributed by atoms with van der Waals surface area (Å²) < 4.78 is 11.8. The van der Waals surface area contributed by atoms with Crippen molar-refractivity contribution in [2.24, 2.45) is 5.73 Å². The summed E-state index contributed by atoms with van der Waals surface area (Å²) in [4.78, 5) is 2.46. The zero-order valence-electron chi connectivity index (χ0n) is 13.1. The third kappa shape index (κ3) is 3.52. The molecule has 21 heavy (non-hydrogen) atoms. The predicted molar refractivity (Wildman–Crippen MR) is 89.1 cm³/mol. The number of hydrogen-bond donors (Lipinski definition) is 1. The largest absolute Gasteiger partial charge is 0.493 e. The summed E-state index contributed by atoms with van der Waals surface area (Å²) in [5, 5.41) is 0. The zero-order chi connectivity index (χ0) is 15.4. The van der Waals surface area contributed by atoms with E-state index in [1.807, 2.05) is 6.07 Å². The Kier molecular flexibility index (Phi) is 5.90. The molecule has 118 valence electrons. The van der Waals surface area contributed by atoms with Crippen molar-refractivity contribution in [2.75, 3.05) is 27.3 Å². The van der Waals surface area contributed by atoms with Crippen molar-refractivity contribution in [1.82, 2.24) is 4.90 Å². The molecule has 0 aliphatic carbocycles. The highest BCUT2D eigenvalue weighted by Gasteiger charge is 2.30. The van der Waals surface area contributed by atoms with E-state index in [2.05, 4.69) is 33.8 Å². The normalized spacial score (nSPS) is 23.7. The van der Waals surface area contributed by atoms with Crippen LogP contribution in [0.5, 0.6) is 11.5 Å². The first-order valence-corrected chi connectivity index (χ1v) is 8.32. The van der Waals surface area contributed by atoms with E-state index in [1.165, 1.54) is 18.4 Å². The minimum Gasteiger partial charge on any atom is -0.493 e. The van der Waals surface area contributed by atoms with Crippen LogP contribution in [0.15, 0.2) is 16.6 Å². The van der Waals surface area contributed by atoms with Gasteiger partial charge in [0.15, 0.2) is 11.5 Å². The Balaban J connectivity index is 2.46. The molecule has 1 aliphatic heterocycles. The molecule has 1 saturated heterocycles. The lowest BCUT2D eigenvalue weighted by molar-refractivity contribution is 0.194. The van der Waals surface area contributed by atoms with Crippen LogP contribution in [0, 0.1) is 0 Å². The first-order valence-electron chi connectivity index (χ1n) is 7.53. The summed E-state index contributed by atoms with van der Waals surface area (Å²) >= 11 is 3.68. The van der Waals surface area contributed by atoms with E-state index in [0.717, 1.165) is 35.5 Å². The average molecular weight is 357 g/mol. The number of benzene rings is 1. The molecular weight excluding hydrogens is 332 g/mol. The summed E-state index contributed by atoms with van der Waals surface area (Å²) in [5.41, 5.74) is 7.66. The Morgan fingerprint density at radius 3 is 2.52 bits per heavy atom. The van der Waals surface area contributed by atoms with E-state index < -0.39 is 0 Å². The molecule has 2 atom stereocenters. The summed E-state index contributed by atoms with van der Waals surface area (Å²) in [6, 6.07) is 4.38. The van der Waals surface area contributed by atoms with E-state index in [9.17, 15) is 0 Å². The van der Waals surface area contributed by atoms with Crippen LogP contribution in [0.25, 0.3) is 0 Å². The molecule has 0 saturated carbocycles. The van der Waals surface area contributed by atoms with E-state index >= 15 is 0 Å². The molecule has 0 spiro atoms. The fourth-order valence-electron chi connectivity index (χ4n) is 3.14. The van der Waals surface area contributed by atoms with Crippen molar-refractivity contribution in [3.8, 4) is 11.5 Å². The van der Waals surface area contributed by atoms with E-state index in [4.69, 9.17) is 15.2 Å². The van der Waals surface area contributed by atoms with Crippen molar-refractivity contribution in [3.63, 3.8) is 0 Å². The van der Waals surface area contributed by atoms with Gasteiger partial charge < -0.3 is 15.2 Å². The number of rotatable bonds is 4. The van der Waals surface area contributed by atoms with Crippen LogP contribution in [0.4, 0.5) is 0 Å². The Bertz CT molecular complexity index is 482. The lowest BCUT2D eigenvalue weighted by atomic mass is 9.96. The van der Waals surface area contributed by atoms with Gasteiger partial charge in [0.2, 0.25) is 0 Å². The summed E-state index contributed by atoms with van der Waals surface area (Å²) in [7, 11) is 3.32. The summed E-state index contributed by atoms with van der Waals surface area (Å²) in [5.74, 6) is 1.49. The quantitative estimate of drug-likeness (QED) is 0.898. The molecular formula is C16H25BrN2O2. The van der Waals surface area contributed by atoms with Crippen molar-refractivity contribution in [2.45, 2.75) is 38.3 Å². The topological polar surface area (TPSA) is 47.7 Å². The smallest absolute Gasteiger partial charge is 0.161 e. The van der Waals surface area contributed by atoms with E-state index in [-0.39, 0.29) is 12.1 Å². The second kappa shape index (κ2) is 7.47. The minimum absolute atomic E-state index is 0.141. The number of hydrogen-bond acceptors (Lipinski definition) is 4. The van der Waals surface area contributed by atoms with Gasteiger partial charge in [-0.15, -0.1) is 0 Å². The molecule has 1 fully saturated rings. The second-order valence-corrected chi connectivity index (χ2v) is 6.32. The lowest BCUT2D eigenvalue weighted by Gasteiger charge is -2.34. The number of likely N-dealkylation sites (tertiary alicyclic amines) is 1. The summed E-state index contributed by atoms with van der Waals surface area (Å²) in [6.07, 6.45) is 3.46. The third-order valence-corrected chi connectivity index (χ3v) is 4.95. The van der Waals surface area contributed by atoms with Gasteiger partial charge in [0.25, 0.3) is 0 Å². The van der Waals surface area contributed by atoms with Gasteiger partial charge in [0.05, 0.1) is 20.3 Å². The molecule has 1 aromatic rings. The Morgan fingerprint density at radius 2 is 1.90 bits per heavy atom. The zero-order valence-corrected chi connectivity index (χ0v) is 14.6. The van der Waals surface area contributed by atoms with Crippen LogP contribution in [-0.4, -0.2) is 38.3 Å². The highest BCUT2D eigenvalue weighted by molar-refractivity contribution is 9.10. The number of methoxy groups -OCH3 is 2. The Labute approximate surface area is 135 Å². The summed E-state index contributed by atoms with van der Waals surface area (Å²) in [6.45, 7) is 4.29. The number of ether oxygens (including phenoxy) is 2. The Hall–Kier alpha value is -0.780. The number of halogens is 1. The molecule has 0 bridgehead atoms. The van der Waals surface area contributed by atoms with Gasteiger partial charge in [0, 0.05) is 10.5 Å². The number of nitrogens with two attached hydrogens (primary N) is 1. The Morgan fingerprint density at radius 1 is 1.24 bits per heavy atom. The van der Waals surface area contributed by atoms with Crippen LogP contribution in [0.3, 0.4) is 0 Å². The molecule has 2 unspecified atom stereocenters. The average Bonchev–Trinajstić information content (AvgIpc) is 2.68. The molecule has 0 radical (unpaired) electrons. The van der Waals surface area contributed by atoms with Crippen molar-refractivity contribution in [3.05, 3.63) is 22.2 Å². The second-order valence-electron chi connectivity index (χ2n) is 5.46. The number of nitrogens with zero attached hydrogens (tertiary/aromatic N) is 1. The van der Waals surface area contributed by atoms with Gasteiger partial charge in [-0.25, -0.2) is 0 Å². The molecule has 1 heterocycles. The van der Waals surface area contributed by atoms with Crippen LogP contribution >= 0.6 is 15.9 Å². The van der Waals surface area contributed by atoms with Gasteiger partial charge in [-0.3, -0.25) is 4.90 Å². The maximum atomic E-state index is 6.47. The van der Waals surface area contributed by atoms with Gasteiger partial charge in [-0.05, 0) is 43.6 Å². The van der Waals surface area contributed by atoms with Gasteiger partial charge in [0.1, 0.15) is 0 Å². The molecule has 2 N–H and O–H groups in total. The highest BCUT2D eigenvalue weighted by atomic mass is 79.9. The van der Waals surface area contributed by atoms with Gasteiger partial charge in [-0.2, -0.15) is 0 Å². The maximum Gasteiger partial charge on any atom is 0.161 e. The lowest BCUT2D eigenvalue weighted by Crippen LogP contribution is -2.39. The third-order valence-electron chi connectivity index (χ3n) is 4.26. The predicted octanol–water partition coefficient (Wildman–Crippen LogP) is 3.34. The van der Waals surface area contributed by atoms with Crippen molar-refractivity contribution >= 4 is 15.9 Å². The molecule has 0 amide bonds. The molecule has 1 aliphatic rings. The first-order chi connectivity index (χ1) is 10.1. The molecule has 2 rings (SSSR count). The fraction of sp³-hybridized carbons (Fsp3) is 0.625. The first kappa shape index (κ1) is 16.6. The monoisotopic (exact) mass is 356 g/mol. The van der Waals surface area contributed by atoms with Crippen LogP contribution in [0.1, 0.15) is 37.8 Å². The molecule has 4 nitrogen and oxygen atoms in total. The molecule has 0 aromatic heterocycles. The molecule has 1 aromatic carbocycles. The SMILES string of the molecule is CCN1CCCCC(N)C1c1cc(OC)c(OC)cc1Br. The van der Waals surface area contributed by atoms with Crippen molar-refractivity contribution in [1.29, 1.82) is 0 Å². The minimum atomic E-state index is 0.141. The van der Waals surface area contributed by atoms with Crippen LogP contribution in [0.2, 0.25) is 0 Å².